The van der Waals surface area contributed by atoms with Crippen molar-refractivity contribution in [1.82, 2.24) is 19.3 Å². The molecule has 4 nitrogen and oxygen atoms in total. The molecule has 0 amide bonds. The number of aromatic nitrogens is 3. The first kappa shape index (κ1) is 22.1. The molecule has 1 N–H and O–H groups in total. The molecule has 166 valence electrons. The van der Waals surface area contributed by atoms with Crippen LogP contribution in [0.15, 0.2) is 24.5 Å². The van der Waals surface area contributed by atoms with Gasteiger partial charge in [0.05, 0.1) is 0 Å². The molecule has 1 aliphatic rings. The summed E-state index contributed by atoms with van der Waals surface area (Å²) in [6.07, 6.45) is 2.98. The van der Waals surface area contributed by atoms with Crippen LogP contribution in [-0.4, -0.2) is 19.8 Å². The van der Waals surface area contributed by atoms with Crippen LogP contribution in [0.1, 0.15) is 57.1 Å². The molecule has 1 aliphatic carbocycles. The highest BCUT2D eigenvalue weighted by Gasteiger charge is 2.24. The van der Waals surface area contributed by atoms with Gasteiger partial charge in [0.2, 0.25) is 0 Å². The number of hydrogen-bond acceptors (Lipinski definition) is 4. The number of nitrogens with one attached hydrogen (secondary N) is 1. The SMILES string of the molecule is Cc1ncc(-c2cc3c(cc2F)c(CNSC2CC2)cn3CC(C)(C)C)c(C(F)F)n1. The lowest BCUT2D eigenvalue weighted by Gasteiger charge is -2.20. The minimum absolute atomic E-state index is 0.00490. The molecule has 0 atom stereocenters. The second-order valence-electron chi connectivity index (χ2n) is 9.35. The van der Waals surface area contributed by atoms with Gasteiger partial charge < -0.3 is 4.57 Å². The third-order valence-corrected chi connectivity index (χ3v) is 6.29. The zero-order valence-corrected chi connectivity index (χ0v) is 19.0. The van der Waals surface area contributed by atoms with Gasteiger partial charge in [0.25, 0.3) is 6.43 Å². The number of rotatable bonds is 7. The lowest BCUT2D eigenvalue weighted by atomic mass is 9.96. The summed E-state index contributed by atoms with van der Waals surface area (Å²) in [6, 6.07) is 3.12. The van der Waals surface area contributed by atoms with Crippen LogP contribution in [0.4, 0.5) is 13.2 Å². The first-order valence-electron chi connectivity index (χ1n) is 10.4. The molecule has 0 radical (unpaired) electrons. The van der Waals surface area contributed by atoms with Crippen LogP contribution in [0.5, 0.6) is 0 Å². The maximum Gasteiger partial charge on any atom is 0.281 e. The maximum absolute atomic E-state index is 15.2. The van der Waals surface area contributed by atoms with E-state index in [1.54, 1.807) is 24.9 Å². The summed E-state index contributed by atoms with van der Waals surface area (Å²) in [4.78, 5) is 7.91. The van der Waals surface area contributed by atoms with Crippen LogP contribution < -0.4 is 4.72 Å². The second-order valence-corrected chi connectivity index (χ2v) is 10.5. The molecule has 0 bridgehead atoms. The quantitative estimate of drug-likeness (QED) is 0.423. The van der Waals surface area contributed by atoms with Gasteiger partial charge >= 0.3 is 0 Å². The van der Waals surface area contributed by atoms with Gasteiger partial charge in [-0.3, -0.25) is 4.72 Å². The monoisotopic (exact) mass is 448 g/mol. The molecule has 1 saturated carbocycles. The second kappa shape index (κ2) is 8.47. The molecule has 1 aromatic carbocycles. The Morgan fingerprint density at radius 1 is 1.23 bits per heavy atom. The molecule has 0 saturated heterocycles. The molecule has 31 heavy (non-hydrogen) atoms. The minimum Gasteiger partial charge on any atom is -0.347 e. The van der Waals surface area contributed by atoms with Gasteiger partial charge in [0, 0.05) is 52.8 Å². The molecule has 0 spiro atoms. The molecule has 2 aromatic heterocycles. The predicted molar refractivity (Wildman–Crippen MR) is 120 cm³/mol. The van der Waals surface area contributed by atoms with Crippen molar-refractivity contribution in [2.45, 2.75) is 65.3 Å². The van der Waals surface area contributed by atoms with Crippen molar-refractivity contribution in [3.63, 3.8) is 0 Å². The van der Waals surface area contributed by atoms with E-state index < -0.39 is 17.9 Å². The molecule has 8 heteroatoms. The van der Waals surface area contributed by atoms with Gasteiger partial charge in [0.1, 0.15) is 17.3 Å². The van der Waals surface area contributed by atoms with Crippen LogP contribution in [-0.2, 0) is 13.1 Å². The molecule has 3 aromatic rings. The highest BCUT2D eigenvalue weighted by atomic mass is 32.2. The fourth-order valence-electron chi connectivity index (χ4n) is 3.66. The molecule has 0 unspecified atom stereocenters. The van der Waals surface area contributed by atoms with E-state index in [1.807, 2.05) is 6.20 Å². The maximum atomic E-state index is 15.2. The lowest BCUT2D eigenvalue weighted by Crippen LogP contribution is -2.14. The van der Waals surface area contributed by atoms with E-state index in [1.165, 1.54) is 25.1 Å². The van der Waals surface area contributed by atoms with E-state index in [0.717, 1.165) is 23.0 Å². The van der Waals surface area contributed by atoms with Crippen LogP contribution in [0, 0.1) is 18.2 Å². The fraction of sp³-hybridized carbons (Fsp3) is 0.478. The number of aryl methyl sites for hydroxylation is 1. The lowest BCUT2D eigenvalue weighted by molar-refractivity contribution is 0.146. The Morgan fingerprint density at radius 3 is 2.61 bits per heavy atom. The molecule has 1 fully saturated rings. The Labute approximate surface area is 184 Å². The zero-order chi connectivity index (χ0) is 22.3. The third-order valence-electron chi connectivity index (χ3n) is 5.17. The highest BCUT2D eigenvalue weighted by molar-refractivity contribution is 7.98. The summed E-state index contributed by atoms with van der Waals surface area (Å²) in [5.74, 6) is -0.315. The summed E-state index contributed by atoms with van der Waals surface area (Å²) in [5.41, 5.74) is 1.50. The molecular weight excluding hydrogens is 421 g/mol. The topological polar surface area (TPSA) is 42.7 Å². The Morgan fingerprint density at radius 2 is 1.97 bits per heavy atom. The molecule has 0 aliphatic heterocycles. The van der Waals surface area contributed by atoms with E-state index >= 15 is 4.39 Å². The van der Waals surface area contributed by atoms with Gasteiger partial charge in [-0.15, -0.1) is 0 Å². The Balaban J connectivity index is 1.81. The standard InChI is InChI=1S/C23H27F3N4S/c1-13-27-10-18(21(29-13)22(25)26)17-8-20-16(7-19(17)24)14(9-28-31-15-5-6-15)11-30(20)12-23(2,3)4/h7-8,10-11,15,22,28H,5-6,9,12H2,1-4H3. The molecule has 4 rings (SSSR count). The van der Waals surface area contributed by atoms with Crippen LogP contribution >= 0.6 is 11.9 Å². The minimum atomic E-state index is -2.81. The number of hydrogen-bond donors (Lipinski definition) is 1. The van der Waals surface area contributed by atoms with E-state index in [4.69, 9.17) is 0 Å². The Hall–Kier alpha value is -2.06. The molecular formula is C23H27F3N4S. The molecule has 2 heterocycles. The third kappa shape index (κ3) is 5.06. The summed E-state index contributed by atoms with van der Waals surface area (Å²) < 4.78 is 47.9. The average molecular weight is 449 g/mol. The van der Waals surface area contributed by atoms with Gasteiger partial charge in [-0.25, -0.2) is 23.1 Å². The van der Waals surface area contributed by atoms with Crippen molar-refractivity contribution in [3.05, 3.63) is 47.4 Å². The Kier molecular flexibility index (Phi) is 6.05. The van der Waals surface area contributed by atoms with Crippen molar-refractivity contribution in [1.29, 1.82) is 0 Å². The smallest absolute Gasteiger partial charge is 0.281 e. The van der Waals surface area contributed by atoms with Gasteiger partial charge in [-0.2, -0.15) is 0 Å². The van der Waals surface area contributed by atoms with Gasteiger partial charge in [0.15, 0.2) is 0 Å². The first-order valence-corrected chi connectivity index (χ1v) is 11.3. The van der Waals surface area contributed by atoms with Crippen LogP contribution in [0.3, 0.4) is 0 Å². The van der Waals surface area contributed by atoms with E-state index in [2.05, 4.69) is 40.0 Å². The fourth-order valence-corrected chi connectivity index (χ4v) is 4.50. The number of benzene rings is 1. The highest BCUT2D eigenvalue weighted by Crippen LogP contribution is 2.36. The number of halogens is 3. The van der Waals surface area contributed by atoms with Crippen LogP contribution in [0.25, 0.3) is 22.0 Å². The number of fused-ring (bicyclic) bond motifs is 1. The number of alkyl halides is 2. The zero-order valence-electron chi connectivity index (χ0n) is 18.2. The first-order chi connectivity index (χ1) is 14.6. The Bertz CT molecular complexity index is 1100. The summed E-state index contributed by atoms with van der Waals surface area (Å²) in [7, 11) is 0. The predicted octanol–water partition coefficient (Wildman–Crippen LogP) is 6.43. The van der Waals surface area contributed by atoms with E-state index in [0.29, 0.717) is 11.8 Å². The van der Waals surface area contributed by atoms with Gasteiger partial charge in [-0.05, 0) is 42.9 Å². The van der Waals surface area contributed by atoms with Crippen molar-refractivity contribution >= 4 is 22.9 Å². The normalized spacial score (nSPS) is 14.7. The summed E-state index contributed by atoms with van der Waals surface area (Å²) in [6.45, 7) is 9.27. The average Bonchev–Trinajstić information content (AvgIpc) is 3.44. The summed E-state index contributed by atoms with van der Waals surface area (Å²) >= 11 is 1.73. The van der Waals surface area contributed by atoms with E-state index in [9.17, 15) is 8.78 Å². The summed E-state index contributed by atoms with van der Waals surface area (Å²) in [5, 5.41) is 1.46. The van der Waals surface area contributed by atoms with Crippen molar-refractivity contribution < 1.29 is 13.2 Å². The van der Waals surface area contributed by atoms with E-state index in [-0.39, 0.29) is 22.4 Å². The number of nitrogens with zero attached hydrogens (tertiary/aromatic N) is 3. The van der Waals surface area contributed by atoms with Crippen molar-refractivity contribution in [3.8, 4) is 11.1 Å². The van der Waals surface area contributed by atoms with Crippen molar-refractivity contribution in [2.24, 2.45) is 5.41 Å². The van der Waals surface area contributed by atoms with Crippen LogP contribution in [0.2, 0.25) is 0 Å². The largest absolute Gasteiger partial charge is 0.347 e. The van der Waals surface area contributed by atoms with Gasteiger partial charge in [-0.1, -0.05) is 32.7 Å². The van der Waals surface area contributed by atoms with Crippen molar-refractivity contribution in [2.75, 3.05) is 0 Å².